The van der Waals surface area contributed by atoms with Crippen molar-refractivity contribution in [2.45, 2.75) is 50.0 Å². The number of hydrogen-bond donors (Lipinski definition) is 0. The van der Waals surface area contributed by atoms with Crippen LogP contribution >= 0.6 is 0 Å². The van der Waals surface area contributed by atoms with Crippen molar-refractivity contribution in [2.24, 2.45) is 5.92 Å². The number of ether oxygens (including phenoxy) is 1. The smallest absolute Gasteiger partial charge is 0.119 e. The molecule has 1 saturated heterocycles. The Bertz CT molecular complexity index is 709. The van der Waals surface area contributed by atoms with Gasteiger partial charge in [0.05, 0.1) is 11.2 Å². The molecule has 1 unspecified atom stereocenters. The highest BCUT2D eigenvalue weighted by molar-refractivity contribution is 5.45. The number of methoxy groups -OCH3 is 1. The molecule has 2 heteroatoms. The van der Waals surface area contributed by atoms with Crippen LogP contribution in [0.3, 0.4) is 0 Å². The molecule has 0 radical (unpaired) electrons. The monoisotopic (exact) mass is 275 g/mol. The molecule has 1 aromatic carbocycles. The van der Waals surface area contributed by atoms with E-state index in [1.807, 2.05) is 7.05 Å². The van der Waals surface area contributed by atoms with Gasteiger partial charge < -0.3 is 9.64 Å². The van der Waals surface area contributed by atoms with E-state index in [-0.39, 0.29) is 29.2 Å². The molecule has 1 aromatic rings. The van der Waals surface area contributed by atoms with Crippen LogP contribution in [0.5, 0.6) is 5.75 Å². The zero-order chi connectivity index (χ0) is 17.3. The van der Waals surface area contributed by atoms with E-state index in [0.29, 0.717) is 12.5 Å². The van der Waals surface area contributed by atoms with Crippen LogP contribution in [0.15, 0.2) is 18.1 Å². The number of rotatable bonds is 1. The van der Waals surface area contributed by atoms with Crippen molar-refractivity contribution in [3.63, 3.8) is 0 Å². The Morgan fingerprint density at radius 2 is 2.30 bits per heavy atom. The second kappa shape index (κ2) is 4.49. The Balaban J connectivity index is 2.05. The van der Waals surface area contributed by atoms with E-state index in [4.69, 9.17) is 8.85 Å². The number of benzene rings is 1. The maximum Gasteiger partial charge on any atom is 0.119 e. The summed E-state index contributed by atoms with van der Waals surface area (Å²) in [5.74, 6) is 0.434. The lowest BCUT2D eigenvalue weighted by Gasteiger charge is -2.58. The summed E-state index contributed by atoms with van der Waals surface area (Å²) in [5.41, 5.74) is 1.50. The highest BCUT2D eigenvalue weighted by atomic mass is 16.5. The standard InChI is InChI=1S/C18H25NO/c1-19-10-9-18-8-4-3-5-15(18)17(19)11-13-6-7-14(20-2)12-16(13)18/h6-7,12,15,17H,3-5,8-11H2,1-2H3/t15?,17-,18-/m0/s1/i6D,7D,12D,17D. The van der Waals surface area contributed by atoms with Crippen molar-refractivity contribution < 1.29 is 10.2 Å². The predicted molar refractivity (Wildman–Crippen MR) is 81.4 cm³/mol. The summed E-state index contributed by atoms with van der Waals surface area (Å²) in [7, 11) is 3.51. The van der Waals surface area contributed by atoms with Crippen LogP contribution in [0.2, 0.25) is 0 Å². The summed E-state index contributed by atoms with van der Waals surface area (Å²) < 4.78 is 40.0. The molecule has 0 amide bonds. The lowest BCUT2D eigenvalue weighted by atomic mass is 9.52. The first-order chi connectivity index (χ1) is 11.4. The van der Waals surface area contributed by atoms with Crippen LogP contribution < -0.4 is 4.74 Å². The average molecular weight is 275 g/mol. The van der Waals surface area contributed by atoms with Crippen LogP contribution in [0.1, 0.15) is 48.7 Å². The van der Waals surface area contributed by atoms with Crippen molar-refractivity contribution >= 4 is 0 Å². The first-order valence-electron chi connectivity index (χ1n) is 9.75. The zero-order valence-corrected chi connectivity index (χ0v) is 12.4. The van der Waals surface area contributed by atoms with Gasteiger partial charge in [-0.3, -0.25) is 0 Å². The average Bonchev–Trinajstić information content (AvgIpc) is 2.57. The zero-order valence-electron chi connectivity index (χ0n) is 16.4. The maximum absolute atomic E-state index is 9.23. The fraction of sp³-hybridized carbons (Fsp3) is 0.667. The molecule has 20 heavy (non-hydrogen) atoms. The summed E-state index contributed by atoms with van der Waals surface area (Å²) >= 11 is 0. The van der Waals surface area contributed by atoms with Gasteiger partial charge in [0.1, 0.15) is 5.75 Å². The fourth-order valence-corrected chi connectivity index (χ4v) is 4.74. The molecule has 0 spiro atoms. The van der Waals surface area contributed by atoms with Crippen LogP contribution in [0.25, 0.3) is 0 Å². The molecule has 2 bridgehead atoms. The quantitative estimate of drug-likeness (QED) is 0.779. The van der Waals surface area contributed by atoms with Crippen molar-refractivity contribution in [3.05, 3.63) is 29.3 Å². The number of fused-ring (bicyclic) bond motifs is 1. The summed E-state index contributed by atoms with van der Waals surface area (Å²) in [6.07, 6.45) is 5.66. The normalized spacial score (nSPS) is 42.6. The van der Waals surface area contributed by atoms with Crippen molar-refractivity contribution in [1.29, 1.82) is 0 Å². The van der Waals surface area contributed by atoms with Gasteiger partial charge in [-0.05, 0) is 68.4 Å². The molecule has 2 fully saturated rings. The van der Waals surface area contributed by atoms with Gasteiger partial charge in [-0.15, -0.1) is 0 Å². The lowest BCUT2D eigenvalue weighted by Crippen LogP contribution is -2.59. The van der Waals surface area contributed by atoms with Crippen molar-refractivity contribution in [2.75, 3.05) is 20.7 Å². The molecule has 0 N–H and O–H groups in total. The molecule has 0 aromatic heterocycles. The third kappa shape index (κ3) is 1.60. The summed E-state index contributed by atoms with van der Waals surface area (Å²) in [6, 6.07) is -0.258. The van der Waals surface area contributed by atoms with Crippen LogP contribution in [0.4, 0.5) is 0 Å². The molecule has 2 aliphatic carbocycles. The minimum atomic E-state index is -0.713. The molecular formula is C18H25NO. The summed E-state index contributed by atoms with van der Waals surface area (Å²) in [4.78, 5) is 2.14. The number of likely N-dealkylation sites (tertiary alicyclic amines) is 1. The Labute approximate surface area is 127 Å². The Morgan fingerprint density at radius 1 is 1.40 bits per heavy atom. The number of piperidine rings is 1. The maximum atomic E-state index is 9.23. The molecule has 108 valence electrons. The SMILES string of the molecule is [2H]c1c([2H])c(OC)c([2H])c2c1C[C@@]1([2H])C3CCCC[C@@]23CCN1C. The van der Waals surface area contributed by atoms with Gasteiger partial charge >= 0.3 is 0 Å². The molecule has 3 atom stereocenters. The molecule has 3 aliphatic rings. The number of hydrogen-bond acceptors (Lipinski definition) is 2. The van der Waals surface area contributed by atoms with Gasteiger partial charge in [0, 0.05) is 12.8 Å². The topological polar surface area (TPSA) is 12.5 Å². The fourth-order valence-electron chi connectivity index (χ4n) is 4.74. The first kappa shape index (κ1) is 9.09. The summed E-state index contributed by atoms with van der Waals surface area (Å²) in [6.45, 7) is 0.858. The van der Waals surface area contributed by atoms with Crippen LogP contribution in [-0.4, -0.2) is 31.6 Å². The van der Waals surface area contributed by atoms with Crippen molar-refractivity contribution in [3.8, 4) is 5.75 Å². The second-order valence-electron chi connectivity index (χ2n) is 6.56. The molecule has 1 aliphatic heterocycles. The van der Waals surface area contributed by atoms with E-state index in [1.165, 1.54) is 7.11 Å². The second-order valence-corrected chi connectivity index (χ2v) is 6.56. The third-order valence-corrected chi connectivity index (χ3v) is 5.75. The van der Waals surface area contributed by atoms with E-state index < -0.39 is 6.02 Å². The van der Waals surface area contributed by atoms with E-state index >= 15 is 0 Å². The Hall–Kier alpha value is -1.02. The first-order valence-corrected chi connectivity index (χ1v) is 7.75. The van der Waals surface area contributed by atoms with Gasteiger partial charge in [-0.2, -0.15) is 0 Å². The van der Waals surface area contributed by atoms with Crippen LogP contribution in [-0.2, 0) is 11.8 Å². The minimum absolute atomic E-state index is 0.00349. The highest BCUT2D eigenvalue weighted by Gasteiger charge is 2.53. The van der Waals surface area contributed by atoms with Gasteiger partial charge in [0.2, 0.25) is 0 Å². The Kier molecular flexibility index (Phi) is 2.04. The van der Waals surface area contributed by atoms with Crippen LogP contribution in [0, 0.1) is 5.92 Å². The number of nitrogens with zero attached hydrogens (tertiary/aromatic N) is 1. The summed E-state index contributed by atoms with van der Waals surface area (Å²) in [5, 5.41) is 0. The molecular weight excluding hydrogens is 246 g/mol. The van der Waals surface area contributed by atoms with E-state index in [9.17, 15) is 1.37 Å². The van der Waals surface area contributed by atoms with Gasteiger partial charge in [0.25, 0.3) is 0 Å². The largest absolute Gasteiger partial charge is 0.497 e. The highest BCUT2D eigenvalue weighted by Crippen LogP contribution is 2.55. The predicted octanol–water partition coefficient (Wildman–Crippen LogP) is 3.38. The van der Waals surface area contributed by atoms with E-state index in [1.54, 1.807) is 0 Å². The molecule has 4 rings (SSSR count). The lowest BCUT2D eigenvalue weighted by molar-refractivity contribution is 0.00274. The van der Waals surface area contributed by atoms with Gasteiger partial charge in [-0.25, -0.2) is 0 Å². The van der Waals surface area contributed by atoms with E-state index in [2.05, 4.69) is 4.90 Å². The minimum Gasteiger partial charge on any atom is -0.497 e. The molecule has 1 heterocycles. The van der Waals surface area contributed by atoms with E-state index in [0.717, 1.165) is 49.8 Å². The van der Waals surface area contributed by atoms with Gasteiger partial charge in [-0.1, -0.05) is 18.9 Å². The Morgan fingerprint density at radius 3 is 3.15 bits per heavy atom. The molecule has 2 nitrogen and oxygen atoms in total. The molecule has 1 saturated carbocycles. The number of likely N-dealkylation sites (N-methyl/N-ethyl adjacent to an activating group) is 1. The van der Waals surface area contributed by atoms with Crippen molar-refractivity contribution in [1.82, 2.24) is 4.90 Å². The van der Waals surface area contributed by atoms with Gasteiger partial charge in [0.15, 0.2) is 0 Å². The third-order valence-electron chi connectivity index (χ3n) is 5.75.